The first-order chi connectivity index (χ1) is 29.8. The van der Waals surface area contributed by atoms with E-state index in [9.17, 15) is 0 Å². The second-order valence-corrected chi connectivity index (χ2v) is 18.4. The quantitative estimate of drug-likeness (QED) is 0.167. The predicted octanol–water partition coefficient (Wildman–Crippen LogP) is 15.5. The third kappa shape index (κ3) is 3.87. The Hall–Kier alpha value is -7.12. The van der Waals surface area contributed by atoms with Gasteiger partial charge in [-0.05, 0) is 88.0 Å². The average molecular weight is 799 g/mol. The Balaban J connectivity index is 1.14. The zero-order valence-electron chi connectivity index (χ0n) is 32.0. The van der Waals surface area contributed by atoms with Crippen LogP contribution in [0.3, 0.4) is 0 Å². The van der Waals surface area contributed by atoms with Crippen molar-refractivity contribution in [3.05, 3.63) is 163 Å². The first-order valence-electron chi connectivity index (χ1n) is 20.7. The van der Waals surface area contributed by atoms with E-state index in [1.165, 1.54) is 101 Å². The molecule has 278 valence electrons. The first-order valence-corrected chi connectivity index (χ1v) is 22.3. The van der Waals surface area contributed by atoms with Crippen LogP contribution in [0.25, 0.3) is 134 Å². The molecule has 4 nitrogen and oxygen atoms in total. The average Bonchev–Trinajstić information content (AvgIpc) is 4.03. The van der Waals surface area contributed by atoms with Crippen molar-refractivity contribution in [3.8, 4) is 17.2 Å². The highest BCUT2D eigenvalue weighted by atomic mass is 32.1. The Labute approximate surface area is 349 Å². The second kappa shape index (κ2) is 11.3. The molecule has 14 aromatic rings. The maximum atomic E-state index is 5.86. The minimum atomic E-state index is 0.693. The zero-order chi connectivity index (χ0) is 38.8. The van der Waals surface area contributed by atoms with Crippen LogP contribution in [0.1, 0.15) is 18.4 Å². The van der Waals surface area contributed by atoms with Gasteiger partial charge >= 0.3 is 0 Å². The summed E-state index contributed by atoms with van der Waals surface area (Å²) in [5, 5.41) is 15.0. The Bertz CT molecular complexity index is 4190. The van der Waals surface area contributed by atoms with Gasteiger partial charge in [-0.25, -0.2) is 9.97 Å². The molecule has 0 saturated carbocycles. The van der Waals surface area contributed by atoms with Crippen LogP contribution in [0, 0.1) is 0 Å². The van der Waals surface area contributed by atoms with Crippen LogP contribution < -0.4 is 0 Å². The number of allylic oxidation sites excluding steroid dienone is 4. The zero-order valence-corrected chi connectivity index (χ0v) is 33.7. The van der Waals surface area contributed by atoms with Gasteiger partial charge in [-0.2, -0.15) is 0 Å². The van der Waals surface area contributed by atoms with Crippen LogP contribution in [-0.2, 0) is 0 Å². The van der Waals surface area contributed by atoms with Gasteiger partial charge in [-0.3, -0.25) is 4.57 Å². The van der Waals surface area contributed by atoms with Gasteiger partial charge in [-0.1, -0.05) is 115 Å². The van der Waals surface area contributed by atoms with E-state index in [1.807, 2.05) is 11.3 Å². The molecule has 6 heteroatoms. The Morgan fingerprint density at radius 2 is 1.10 bits per heavy atom. The molecule has 6 aromatic heterocycles. The summed E-state index contributed by atoms with van der Waals surface area (Å²) in [5.74, 6) is 0.693. The van der Waals surface area contributed by atoms with Crippen molar-refractivity contribution in [2.24, 2.45) is 0 Å². The van der Waals surface area contributed by atoms with E-state index in [2.05, 4.69) is 167 Å². The number of hydrogen-bond acceptors (Lipinski definition) is 4. The van der Waals surface area contributed by atoms with E-state index >= 15 is 0 Å². The van der Waals surface area contributed by atoms with E-state index in [4.69, 9.17) is 9.97 Å². The summed E-state index contributed by atoms with van der Waals surface area (Å²) in [6.07, 6.45) is 9.17. The molecule has 8 aromatic carbocycles. The van der Waals surface area contributed by atoms with Crippen LogP contribution in [0.2, 0.25) is 0 Å². The van der Waals surface area contributed by atoms with Crippen molar-refractivity contribution >= 4 is 139 Å². The third-order valence-electron chi connectivity index (χ3n) is 13.3. The van der Waals surface area contributed by atoms with Crippen molar-refractivity contribution in [1.29, 1.82) is 0 Å². The number of rotatable bonds is 3. The van der Waals surface area contributed by atoms with Gasteiger partial charge in [-0.15, -0.1) is 22.7 Å². The van der Waals surface area contributed by atoms with Crippen LogP contribution >= 0.6 is 22.7 Å². The fourth-order valence-corrected chi connectivity index (χ4v) is 13.2. The summed E-state index contributed by atoms with van der Waals surface area (Å²) in [7, 11) is 0. The van der Waals surface area contributed by atoms with Crippen molar-refractivity contribution in [2.75, 3.05) is 0 Å². The monoisotopic (exact) mass is 798 g/mol. The highest BCUT2D eigenvalue weighted by Gasteiger charge is 2.28. The van der Waals surface area contributed by atoms with Gasteiger partial charge < -0.3 is 4.40 Å². The first kappa shape index (κ1) is 31.8. The highest BCUT2D eigenvalue weighted by Crippen LogP contribution is 2.51. The molecule has 0 spiro atoms. The standard InChI is InChI=1S/C54H30N4S2/c1-2-13-29(14-3-1)44-31-16-4-6-18-33(31)45(34-19-7-5-17-32(34)44)51-46-36-20-9-11-24-41(36)60-53(46)56-54(55-51)58-39-23-12-22-38-47(39)48-40(58)26-28-42-49(48)50-43(59-42)27-25-35-30-15-8-10-21-37(30)57(38)52(35)50/h2,4-28H,1,3H2. The molecule has 0 bridgehead atoms. The van der Waals surface area contributed by atoms with E-state index in [0.29, 0.717) is 5.95 Å². The summed E-state index contributed by atoms with van der Waals surface area (Å²) in [5.41, 5.74) is 10.7. The molecule has 0 unspecified atom stereocenters. The molecule has 0 atom stereocenters. The smallest absolute Gasteiger partial charge is 0.236 e. The molecule has 0 saturated heterocycles. The lowest BCUT2D eigenvalue weighted by Gasteiger charge is -2.19. The number of hydrogen-bond donors (Lipinski definition) is 0. The molecule has 0 fully saturated rings. The fraction of sp³-hybridized carbons (Fsp3) is 0.0370. The number of para-hydroxylation sites is 1. The molecule has 1 aliphatic rings. The minimum absolute atomic E-state index is 0.693. The number of thiophene rings is 2. The van der Waals surface area contributed by atoms with Gasteiger partial charge in [0, 0.05) is 62.8 Å². The van der Waals surface area contributed by atoms with Crippen molar-refractivity contribution in [1.82, 2.24) is 18.9 Å². The van der Waals surface area contributed by atoms with E-state index in [0.717, 1.165) is 45.3 Å². The Kier molecular flexibility index (Phi) is 6.01. The minimum Gasteiger partial charge on any atom is -0.308 e. The topological polar surface area (TPSA) is 35.1 Å². The fourth-order valence-electron chi connectivity index (χ4n) is 11.0. The maximum Gasteiger partial charge on any atom is 0.236 e. The van der Waals surface area contributed by atoms with Crippen LogP contribution in [0.15, 0.2) is 158 Å². The molecule has 0 aliphatic heterocycles. The molecule has 0 N–H and O–H groups in total. The summed E-state index contributed by atoms with van der Waals surface area (Å²) < 4.78 is 8.72. The molecule has 6 heterocycles. The summed E-state index contributed by atoms with van der Waals surface area (Å²) in [6, 6.07) is 51.7. The number of nitrogens with zero attached hydrogens (tertiary/aromatic N) is 4. The summed E-state index contributed by atoms with van der Waals surface area (Å²) in [6.45, 7) is 0. The molecule has 1 aliphatic carbocycles. The van der Waals surface area contributed by atoms with Gasteiger partial charge in [0.25, 0.3) is 0 Å². The van der Waals surface area contributed by atoms with Crippen LogP contribution in [-0.4, -0.2) is 18.9 Å². The summed E-state index contributed by atoms with van der Waals surface area (Å²) in [4.78, 5) is 12.4. The van der Waals surface area contributed by atoms with Gasteiger partial charge in [0.2, 0.25) is 5.95 Å². The van der Waals surface area contributed by atoms with Gasteiger partial charge in [0.1, 0.15) is 4.83 Å². The SMILES string of the molecule is C1=CC(c2c3ccccc3c(-c3nc(-n4c5ccc6sc7ccc8c9ccccc9n9c%10cccc4c%10c5c6c7c89)nc4sc5ccccc5c34)c3ccccc23)=CCC1. The lowest BCUT2D eigenvalue weighted by Crippen LogP contribution is -2.03. The van der Waals surface area contributed by atoms with Gasteiger partial charge in [0.05, 0.1) is 33.3 Å². The molecular weight excluding hydrogens is 769 g/mol. The lowest BCUT2D eigenvalue weighted by atomic mass is 9.85. The van der Waals surface area contributed by atoms with E-state index < -0.39 is 0 Å². The third-order valence-corrected chi connectivity index (χ3v) is 15.5. The molecular formula is C54H30N4S2. The highest BCUT2D eigenvalue weighted by molar-refractivity contribution is 7.26. The van der Waals surface area contributed by atoms with E-state index in [1.54, 1.807) is 11.3 Å². The molecule has 60 heavy (non-hydrogen) atoms. The van der Waals surface area contributed by atoms with Crippen molar-refractivity contribution in [2.45, 2.75) is 12.8 Å². The maximum absolute atomic E-state index is 5.86. The largest absolute Gasteiger partial charge is 0.308 e. The summed E-state index contributed by atoms with van der Waals surface area (Å²) >= 11 is 3.66. The Morgan fingerprint density at radius 3 is 1.90 bits per heavy atom. The predicted molar refractivity (Wildman–Crippen MR) is 257 cm³/mol. The van der Waals surface area contributed by atoms with Crippen LogP contribution in [0.4, 0.5) is 0 Å². The normalized spacial score (nSPS) is 13.9. The number of benzene rings is 8. The number of aromatic nitrogens is 4. The van der Waals surface area contributed by atoms with Crippen molar-refractivity contribution in [3.63, 3.8) is 0 Å². The number of fused-ring (bicyclic) bond motifs is 9. The molecule has 0 radical (unpaired) electrons. The van der Waals surface area contributed by atoms with Gasteiger partial charge in [0.15, 0.2) is 0 Å². The molecule has 0 amide bonds. The lowest BCUT2D eigenvalue weighted by molar-refractivity contribution is 1.02. The van der Waals surface area contributed by atoms with E-state index in [-0.39, 0.29) is 0 Å². The second-order valence-electron chi connectivity index (χ2n) is 16.3. The molecule has 15 rings (SSSR count). The Morgan fingerprint density at radius 1 is 0.433 bits per heavy atom. The van der Waals surface area contributed by atoms with Crippen molar-refractivity contribution < 1.29 is 0 Å². The van der Waals surface area contributed by atoms with Crippen LogP contribution in [0.5, 0.6) is 0 Å².